The molecule has 0 amide bonds. The first-order chi connectivity index (χ1) is 4.72. The smallest absolute Gasteiger partial charge is 0.321 e. The zero-order valence-electron chi connectivity index (χ0n) is 5.83. The van der Waals surface area contributed by atoms with E-state index < -0.39 is 12.0 Å². The number of rotatable bonds is 5. The Morgan fingerprint density at radius 3 is 2.80 bits per heavy atom. The van der Waals surface area contributed by atoms with E-state index >= 15 is 0 Å². The van der Waals surface area contributed by atoms with Crippen LogP contribution in [0.25, 0.3) is 0 Å². The minimum absolute atomic E-state index is 0.406. The Bertz CT molecular complexity index is 104. The van der Waals surface area contributed by atoms with Gasteiger partial charge in [0.05, 0.1) is 0 Å². The van der Waals surface area contributed by atoms with E-state index in [0.29, 0.717) is 12.3 Å². The monoisotopic (exact) mass is 164 g/mol. The fraction of sp³-hybridized carbons (Fsp3) is 0.800. The summed E-state index contributed by atoms with van der Waals surface area (Å²) in [4.78, 5) is 10.3. The molecule has 1 atom stereocenters. The van der Waals surface area contributed by atoms with Crippen LogP contribution in [0, 0.1) is 0 Å². The lowest BCUT2D eigenvalue weighted by Crippen LogP contribution is -2.38. The zero-order chi connectivity index (χ0) is 7.98. The van der Waals surface area contributed by atoms with Crippen LogP contribution in [0.1, 0.15) is 6.92 Å². The molecule has 0 saturated heterocycles. The van der Waals surface area contributed by atoms with E-state index in [9.17, 15) is 4.79 Å². The molecule has 0 radical (unpaired) electrons. The molecule has 0 fully saturated rings. The van der Waals surface area contributed by atoms with Crippen LogP contribution in [0.2, 0.25) is 0 Å². The first-order valence-corrected chi connectivity index (χ1v) is 4.05. The SMILES string of the molecule is CCN[C@@H](CSN)C(=O)O. The average molecular weight is 164 g/mol. The molecule has 0 spiro atoms. The van der Waals surface area contributed by atoms with E-state index in [-0.39, 0.29) is 0 Å². The lowest BCUT2D eigenvalue weighted by Gasteiger charge is -2.09. The summed E-state index contributed by atoms with van der Waals surface area (Å²) in [6.07, 6.45) is 0. The summed E-state index contributed by atoms with van der Waals surface area (Å²) in [7, 11) is 0. The number of carboxylic acid groups (broad SMARTS) is 1. The Morgan fingerprint density at radius 2 is 2.50 bits per heavy atom. The van der Waals surface area contributed by atoms with Gasteiger partial charge in [0.2, 0.25) is 0 Å². The van der Waals surface area contributed by atoms with E-state index in [1.165, 1.54) is 0 Å². The highest BCUT2D eigenvalue weighted by atomic mass is 32.2. The third-order valence-corrected chi connectivity index (χ3v) is 1.54. The highest BCUT2D eigenvalue weighted by molar-refractivity contribution is 7.97. The van der Waals surface area contributed by atoms with Gasteiger partial charge in [0.15, 0.2) is 0 Å². The van der Waals surface area contributed by atoms with Gasteiger partial charge in [-0.1, -0.05) is 18.9 Å². The zero-order valence-corrected chi connectivity index (χ0v) is 6.65. The maximum absolute atomic E-state index is 10.3. The molecule has 4 nitrogen and oxygen atoms in total. The number of carbonyl (C=O) groups is 1. The third kappa shape index (κ3) is 3.71. The molecule has 0 aromatic carbocycles. The van der Waals surface area contributed by atoms with E-state index in [1.807, 2.05) is 6.92 Å². The van der Waals surface area contributed by atoms with Crippen molar-refractivity contribution in [3.05, 3.63) is 0 Å². The Morgan fingerprint density at radius 1 is 1.90 bits per heavy atom. The second kappa shape index (κ2) is 5.52. The summed E-state index contributed by atoms with van der Waals surface area (Å²) in [6.45, 7) is 2.51. The number of likely N-dealkylation sites (N-methyl/N-ethyl adjacent to an activating group) is 1. The van der Waals surface area contributed by atoms with E-state index in [0.717, 1.165) is 11.9 Å². The lowest BCUT2D eigenvalue weighted by atomic mass is 10.3. The number of carboxylic acids is 1. The minimum atomic E-state index is -0.847. The van der Waals surface area contributed by atoms with Crippen molar-refractivity contribution in [3.8, 4) is 0 Å². The first kappa shape index (κ1) is 9.74. The molecule has 4 N–H and O–H groups in total. The molecule has 0 aliphatic rings. The molecule has 0 unspecified atom stereocenters. The van der Waals surface area contributed by atoms with Crippen LogP contribution in [0.15, 0.2) is 0 Å². The van der Waals surface area contributed by atoms with Gasteiger partial charge in [-0.25, -0.2) is 0 Å². The molecule has 0 aliphatic heterocycles. The van der Waals surface area contributed by atoms with Gasteiger partial charge in [0, 0.05) is 5.75 Å². The maximum atomic E-state index is 10.3. The molecule has 0 aromatic rings. The summed E-state index contributed by atoms with van der Waals surface area (Å²) >= 11 is 1.03. The van der Waals surface area contributed by atoms with Gasteiger partial charge in [0.25, 0.3) is 0 Å². The van der Waals surface area contributed by atoms with Crippen LogP contribution in [0.4, 0.5) is 0 Å². The second-order valence-electron chi connectivity index (χ2n) is 1.78. The molecule has 0 saturated carbocycles. The van der Waals surface area contributed by atoms with E-state index in [2.05, 4.69) is 5.32 Å². The molecular formula is C5H12N2O2S. The summed E-state index contributed by atoms with van der Waals surface area (Å²) in [5.41, 5.74) is 0. The Labute approximate surface area is 64.3 Å². The maximum Gasteiger partial charge on any atom is 0.321 e. The quantitative estimate of drug-likeness (QED) is 0.484. The fourth-order valence-electron chi connectivity index (χ4n) is 0.560. The number of nitrogens with one attached hydrogen (secondary N) is 1. The van der Waals surface area contributed by atoms with E-state index in [4.69, 9.17) is 10.2 Å². The third-order valence-electron chi connectivity index (χ3n) is 1.01. The van der Waals surface area contributed by atoms with Crippen LogP contribution in [0.5, 0.6) is 0 Å². The largest absolute Gasteiger partial charge is 0.480 e. The average Bonchev–Trinajstić information content (AvgIpc) is 1.87. The van der Waals surface area contributed by atoms with Gasteiger partial charge in [-0.05, 0) is 6.54 Å². The van der Waals surface area contributed by atoms with Gasteiger partial charge in [-0.2, -0.15) is 0 Å². The molecule has 0 aliphatic carbocycles. The van der Waals surface area contributed by atoms with Crippen molar-refractivity contribution in [2.45, 2.75) is 13.0 Å². The Kier molecular flexibility index (Phi) is 5.38. The van der Waals surface area contributed by atoms with Gasteiger partial charge in [-0.3, -0.25) is 9.93 Å². The van der Waals surface area contributed by atoms with Crippen molar-refractivity contribution in [1.29, 1.82) is 0 Å². The molecule has 0 heterocycles. The predicted molar refractivity (Wildman–Crippen MR) is 41.7 cm³/mol. The van der Waals surface area contributed by atoms with E-state index in [1.54, 1.807) is 0 Å². The molecule has 0 aromatic heterocycles. The summed E-state index contributed by atoms with van der Waals surface area (Å²) in [6, 6.07) is -0.514. The molecule has 10 heavy (non-hydrogen) atoms. The molecule has 0 bridgehead atoms. The van der Waals surface area contributed by atoms with Gasteiger partial charge >= 0.3 is 5.97 Å². The van der Waals surface area contributed by atoms with Crippen molar-refractivity contribution in [2.24, 2.45) is 5.14 Å². The fourth-order valence-corrected chi connectivity index (χ4v) is 1.01. The van der Waals surface area contributed by atoms with Crippen LogP contribution in [-0.2, 0) is 4.79 Å². The summed E-state index contributed by atoms with van der Waals surface area (Å²) in [5, 5.41) is 16.4. The van der Waals surface area contributed by atoms with Crippen LogP contribution in [-0.4, -0.2) is 29.4 Å². The predicted octanol–water partition coefficient (Wildman–Crippen LogP) is -0.344. The number of nitrogens with two attached hydrogens (primary N) is 1. The molecule has 5 heteroatoms. The van der Waals surface area contributed by atoms with Crippen molar-refractivity contribution >= 4 is 17.9 Å². The normalized spacial score (nSPS) is 13.0. The summed E-state index contributed by atoms with van der Waals surface area (Å²) in [5.74, 6) is -0.441. The Hall–Kier alpha value is -0.260. The molecular weight excluding hydrogens is 152 g/mol. The van der Waals surface area contributed by atoms with Gasteiger partial charge in [0.1, 0.15) is 6.04 Å². The standard InChI is InChI=1S/C5H12N2O2S/c1-2-7-4(3-10-6)5(8)9/h4,7H,2-3,6H2,1H3,(H,8,9)/t4-/m0/s1. The Balaban J connectivity index is 3.61. The second-order valence-corrected chi connectivity index (χ2v) is 2.45. The molecule has 60 valence electrons. The van der Waals surface area contributed by atoms with Crippen LogP contribution < -0.4 is 10.5 Å². The topological polar surface area (TPSA) is 75.3 Å². The highest BCUT2D eigenvalue weighted by Crippen LogP contribution is 1.92. The molecule has 0 rings (SSSR count). The van der Waals surface area contributed by atoms with Gasteiger partial charge < -0.3 is 10.4 Å². The van der Waals surface area contributed by atoms with Crippen molar-refractivity contribution in [3.63, 3.8) is 0 Å². The van der Waals surface area contributed by atoms with Crippen LogP contribution in [0.3, 0.4) is 0 Å². The van der Waals surface area contributed by atoms with Crippen molar-refractivity contribution in [1.82, 2.24) is 5.32 Å². The number of aliphatic carboxylic acids is 1. The lowest BCUT2D eigenvalue weighted by molar-refractivity contribution is -0.138. The first-order valence-electron chi connectivity index (χ1n) is 3.00. The minimum Gasteiger partial charge on any atom is -0.480 e. The van der Waals surface area contributed by atoms with Crippen molar-refractivity contribution in [2.75, 3.05) is 12.3 Å². The summed E-state index contributed by atoms with van der Waals surface area (Å²) < 4.78 is 0. The van der Waals surface area contributed by atoms with Crippen LogP contribution >= 0.6 is 11.9 Å². The highest BCUT2D eigenvalue weighted by Gasteiger charge is 2.13. The number of hydrogen-bond donors (Lipinski definition) is 3. The van der Waals surface area contributed by atoms with Crippen molar-refractivity contribution < 1.29 is 9.90 Å². The van der Waals surface area contributed by atoms with Gasteiger partial charge in [-0.15, -0.1) is 0 Å². The number of hydrogen-bond acceptors (Lipinski definition) is 4.